The van der Waals surface area contributed by atoms with Gasteiger partial charge in [0.05, 0.1) is 18.4 Å². The molecule has 32 heavy (non-hydrogen) atoms. The van der Waals surface area contributed by atoms with E-state index in [-0.39, 0.29) is 29.7 Å². The average Bonchev–Trinajstić information content (AvgIpc) is 3.44. The molecule has 2 aromatic rings. The Balaban J connectivity index is 1.33. The largest absolute Gasteiger partial charge is 0.490 e. The van der Waals surface area contributed by atoms with E-state index in [0.29, 0.717) is 43.0 Å². The Morgan fingerprint density at radius 3 is 2.72 bits per heavy atom. The minimum absolute atomic E-state index is 0.111. The molecule has 1 saturated heterocycles. The van der Waals surface area contributed by atoms with Crippen molar-refractivity contribution in [1.82, 2.24) is 14.6 Å². The van der Waals surface area contributed by atoms with Crippen LogP contribution in [0.2, 0.25) is 0 Å². The fraction of sp³-hybridized carbons (Fsp3) is 0.455. The van der Waals surface area contributed by atoms with Gasteiger partial charge >= 0.3 is 0 Å². The van der Waals surface area contributed by atoms with E-state index in [9.17, 15) is 22.4 Å². The van der Waals surface area contributed by atoms with Crippen LogP contribution in [0.4, 0.5) is 4.39 Å². The van der Waals surface area contributed by atoms with Crippen molar-refractivity contribution in [3.8, 4) is 16.9 Å². The molecule has 2 aliphatic rings. The number of hydrogen-bond acceptors (Lipinski definition) is 6. The maximum atomic E-state index is 14.0. The summed E-state index contributed by atoms with van der Waals surface area (Å²) in [6, 6.07) is 5.69. The van der Waals surface area contributed by atoms with E-state index in [2.05, 4.69) is 10.6 Å². The van der Waals surface area contributed by atoms with Crippen LogP contribution in [0.15, 0.2) is 36.7 Å². The van der Waals surface area contributed by atoms with Crippen LogP contribution >= 0.6 is 0 Å². The SMILES string of the molecule is O=C1CCC(NCCCS(=O)(=O)n2ccc(-c3ccc(F)c(OCC4CC4)c3)c2)C(=O)N1. The second kappa shape index (κ2) is 9.41. The summed E-state index contributed by atoms with van der Waals surface area (Å²) in [6.07, 6.45) is 6.15. The predicted octanol–water partition coefficient (Wildman–Crippen LogP) is 2.05. The van der Waals surface area contributed by atoms with Crippen LogP contribution in [0, 0.1) is 11.7 Å². The van der Waals surface area contributed by atoms with Crippen molar-refractivity contribution >= 4 is 21.8 Å². The lowest BCUT2D eigenvalue weighted by molar-refractivity contribution is -0.134. The Hall–Kier alpha value is -2.72. The first-order valence-electron chi connectivity index (χ1n) is 10.7. The third-order valence-electron chi connectivity index (χ3n) is 5.63. The summed E-state index contributed by atoms with van der Waals surface area (Å²) in [5.41, 5.74) is 1.32. The van der Waals surface area contributed by atoms with Crippen molar-refractivity contribution in [1.29, 1.82) is 0 Å². The Kier molecular flexibility index (Phi) is 6.61. The van der Waals surface area contributed by atoms with Gasteiger partial charge in [0, 0.05) is 24.4 Å². The molecule has 1 aliphatic heterocycles. The Morgan fingerprint density at radius 1 is 1.16 bits per heavy atom. The minimum atomic E-state index is -3.59. The number of halogens is 1. The van der Waals surface area contributed by atoms with E-state index < -0.39 is 21.9 Å². The molecule has 8 nitrogen and oxygen atoms in total. The normalized spacial score (nSPS) is 19.1. The monoisotopic (exact) mass is 463 g/mol. The highest BCUT2D eigenvalue weighted by molar-refractivity contribution is 7.89. The Bertz CT molecular complexity index is 1110. The molecule has 1 unspecified atom stereocenters. The van der Waals surface area contributed by atoms with Crippen LogP contribution < -0.4 is 15.4 Å². The maximum absolute atomic E-state index is 14.0. The summed E-state index contributed by atoms with van der Waals surface area (Å²) in [5.74, 6) is -0.551. The van der Waals surface area contributed by atoms with Crippen molar-refractivity contribution in [3.05, 3.63) is 42.5 Å². The number of rotatable bonds is 10. The quantitative estimate of drug-likeness (QED) is 0.413. The average molecular weight is 464 g/mol. The fourth-order valence-corrected chi connectivity index (χ4v) is 4.77. The van der Waals surface area contributed by atoms with Gasteiger partial charge in [0.1, 0.15) is 0 Å². The van der Waals surface area contributed by atoms with Crippen LogP contribution in [0.5, 0.6) is 5.75 Å². The van der Waals surface area contributed by atoms with Gasteiger partial charge in [0.25, 0.3) is 0 Å². The van der Waals surface area contributed by atoms with Crippen molar-refractivity contribution in [2.24, 2.45) is 5.92 Å². The maximum Gasteiger partial charge on any atom is 0.243 e. The molecule has 10 heteroatoms. The number of nitrogens with one attached hydrogen (secondary N) is 2. The molecule has 4 rings (SSSR count). The molecule has 0 radical (unpaired) electrons. The molecule has 2 fully saturated rings. The number of aromatic nitrogens is 1. The molecular weight excluding hydrogens is 437 g/mol. The highest BCUT2D eigenvalue weighted by Crippen LogP contribution is 2.32. The van der Waals surface area contributed by atoms with E-state index >= 15 is 0 Å². The summed E-state index contributed by atoms with van der Waals surface area (Å²) >= 11 is 0. The third-order valence-corrected chi connectivity index (χ3v) is 7.31. The highest BCUT2D eigenvalue weighted by atomic mass is 32.2. The number of amides is 2. The first-order valence-corrected chi connectivity index (χ1v) is 12.3. The Labute approximate surface area is 186 Å². The number of ether oxygens (including phenoxy) is 1. The number of hydrogen-bond donors (Lipinski definition) is 2. The molecule has 1 aliphatic carbocycles. The van der Waals surface area contributed by atoms with Crippen LogP contribution in [0.3, 0.4) is 0 Å². The van der Waals surface area contributed by atoms with Crippen LogP contribution in [-0.4, -0.2) is 49.2 Å². The van der Waals surface area contributed by atoms with Crippen LogP contribution in [0.25, 0.3) is 11.1 Å². The molecule has 1 saturated carbocycles. The third kappa shape index (κ3) is 5.55. The topological polar surface area (TPSA) is 106 Å². The summed E-state index contributed by atoms with van der Waals surface area (Å²) in [4.78, 5) is 22.9. The van der Waals surface area contributed by atoms with Gasteiger partial charge in [-0.15, -0.1) is 0 Å². The standard InChI is InChI=1S/C22H26FN3O5S/c23-18-5-4-16(12-20(18)31-14-15-2-3-15)17-8-10-26(13-17)32(29,30)11-1-9-24-19-6-7-21(27)25-22(19)28/h4-5,8,10,12-13,15,19,24H,1-3,6-7,9,11,14H2,(H,25,27,28). The zero-order valence-electron chi connectivity index (χ0n) is 17.6. The van der Waals surface area contributed by atoms with E-state index in [4.69, 9.17) is 4.74 Å². The second-order valence-corrected chi connectivity index (χ2v) is 10.3. The molecular formula is C22H26FN3O5S. The zero-order chi connectivity index (χ0) is 22.7. The first kappa shape index (κ1) is 22.5. The lowest BCUT2D eigenvalue weighted by Gasteiger charge is -2.21. The van der Waals surface area contributed by atoms with Gasteiger partial charge in [0.15, 0.2) is 11.6 Å². The smallest absolute Gasteiger partial charge is 0.243 e. The van der Waals surface area contributed by atoms with Gasteiger partial charge < -0.3 is 10.1 Å². The van der Waals surface area contributed by atoms with Crippen LogP contribution in [-0.2, 0) is 19.6 Å². The minimum Gasteiger partial charge on any atom is -0.490 e. The van der Waals surface area contributed by atoms with E-state index in [0.717, 1.165) is 16.8 Å². The molecule has 2 N–H and O–H groups in total. The molecule has 2 heterocycles. The number of piperidine rings is 1. The van der Waals surface area contributed by atoms with Gasteiger partial charge in [0.2, 0.25) is 21.8 Å². The summed E-state index contributed by atoms with van der Waals surface area (Å²) in [5, 5.41) is 5.25. The van der Waals surface area contributed by atoms with E-state index in [1.54, 1.807) is 18.2 Å². The Morgan fingerprint density at radius 2 is 1.97 bits per heavy atom. The second-order valence-electron chi connectivity index (χ2n) is 8.26. The van der Waals surface area contributed by atoms with E-state index in [1.165, 1.54) is 18.5 Å². The predicted molar refractivity (Wildman–Crippen MR) is 116 cm³/mol. The molecule has 1 atom stereocenters. The first-order chi connectivity index (χ1) is 15.3. The summed E-state index contributed by atoms with van der Waals surface area (Å²) < 4.78 is 46.1. The van der Waals surface area contributed by atoms with Gasteiger partial charge in [-0.3, -0.25) is 18.9 Å². The number of carbonyl (C=O) groups is 2. The molecule has 2 amide bonds. The van der Waals surface area contributed by atoms with Gasteiger partial charge in [-0.2, -0.15) is 0 Å². The molecule has 0 bridgehead atoms. The fourth-order valence-electron chi connectivity index (χ4n) is 3.53. The highest BCUT2D eigenvalue weighted by Gasteiger charge is 2.26. The number of benzene rings is 1. The molecule has 172 valence electrons. The number of carbonyl (C=O) groups excluding carboxylic acids is 2. The summed E-state index contributed by atoms with van der Waals surface area (Å²) in [6.45, 7) is 0.821. The van der Waals surface area contributed by atoms with Crippen LogP contribution in [0.1, 0.15) is 32.1 Å². The van der Waals surface area contributed by atoms with Crippen molar-refractivity contribution in [2.75, 3.05) is 18.9 Å². The van der Waals surface area contributed by atoms with E-state index in [1.807, 2.05) is 0 Å². The van der Waals surface area contributed by atoms with Gasteiger partial charge in [-0.05, 0) is 61.9 Å². The lowest BCUT2D eigenvalue weighted by atomic mass is 10.1. The number of nitrogens with zero attached hydrogens (tertiary/aromatic N) is 1. The van der Waals surface area contributed by atoms with Crippen molar-refractivity contribution in [3.63, 3.8) is 0 Å². The van der Waals surface area contributed by atoms with Gasteiger partial charge in [-0.1, -0.05) is 6.07 Å². The van der Waals surface area contributed by atoms with Crippen molar-refractivity contribution < 1.29 is 27.1 Å². The number of imide groups is 1. The van der Waals surface area contributed by atoms with Gasteiger partial charge in [-0.25, -0.2) is 12.8 Å². The zero-order valence-corrected chi connectivity index (χ0v) is 18.4. The molecule has 1 aromatic heterocycles. The summed E-state index contributed by atoms with van der Waals surface area (Å²) in [7, 11) is -3.59. The lowest BCUT2D eigenvalue weighted by Crippen LogP contribution is -2.50. The molecule has 1 aromatic carbocycles. The molecule has 0 spiro atoms. The van der Waals surface area contributed by atoms with Crippen molar-refractivity contribution in [2.45, 2.75) is 38.1 Å².